The highest BCUT2D eigenvalue weighted by Gasteiger charge is 2.19. The van der Waals surface area contributed by atoms with Crippen LogP contribution in [-0.2, 0) is 10.0 Å². The van der Waals surface area contributed by atoms with Gasteiger partial charge in [0.05, 0.1) is 27.8 Å². The van der Waals surface area contributed by atoms with Crippen LogP contribution in [0.4, 0.5) is 5.69 Å². The van der Waals surface area contributed by atoms with Gasteiger partial charge in [-0.2, -0.15) is 0 Å². The van der Waals surface area contributed by atoms with Gasteiger partial charge in [-0.15, -0.1) is 0 Å². The van der Waals surface area contributed by atoms with Crippen molar-refractivity contribution in [2.45, 2.75) is 36.5 Å². The molecule has 4 rings (SSSR count). The summed E-state index contributed by atoms with van der Waals surface area (Å²) in [5.41, 5.74) is 3.41. The molecule has 5 nitrogen and oxygen atoms in total. The monoisotopic (exact) mass is 341 g/mol. The third kappa shape index (κ3) is 2.89. The quantitative estimate of drug-likeness (QED) is 0.752. The van der Waals surface area contributed by atoms with E-state index in [9.17, 15) is 8.42 Å². The van der Waals surface area contributed by atoms with Crippen LogP contribution >= 0.6 is 0 Å². The van der Waals surface area contributed by atoms with E-state index in [0.29, 0.717) is 11.6 Å². The van der Waals surface area contributed by atoms with Gasteiger partial charge in [-0.3, -0.25) is 9.71 Å². The van der Waals surface area contributed by atoms with E-state index in [2.05, 4.69) is 20.8 Å². The number of H-pyrrole nitrogens is 1. The predicted molar refractivity (Wildman–Crippen MR) is 94.6 cm³/mol. The number of pyridine rings is 1. The summed E-state index contributed by atoms with van der Waals surface area (Å²) in [7, 11) is -3.59. The Morgan fingerprint density at radius 2 is 1.83 bits per heavy atom. The van der Waals surface area contributed by atoms with E-state index < -0.39 is 10.0 Å². The molecule has 0 spiro atoms. The van der Waals surface area contributed by atoms with Crippen molar-refractivity contribution in [3.05, 3.63) is 54.4 Å². The molecule has 3 aromatic rings. The standard InChI is InChI=1S/C18H19N3O2S/c22-24(23,15-8-2-1-3-9-15)21-14-10-18-17(19-12-14)11-16(20-18)13-6-4-5-7-13/h1-3,8-13,20-21H,4-7H2. The Hall–Kier alpha value is -2.34. The molecule has 2 aromatic heterocycles. The minimum atomic E-state index is -3.59. The smallest absolute Gasteiger partial charge is 0.261 e. The molecule has 0 aliphatic heterocycles. The van der Waals surface area contributed by atoms with Gasteiger partial charge in [0.25, 0.3) is 10.0 Å². The summed E-state index contributed by atoms with van der Waals surface area (Å²) in [5.74, 6) is 0.573. The van der Waals surface area contributed by atoms with Crippen molar-refractivity contribution in [2.24, 2.45) is 0 Å². The first-order valence-electron chi connectivity index (χ1n) is 8.18. The van der Waals surface area contributed by atoms with Crippen molar-refractivity contribution in [3.8, 4) is 0 Å². The molecule has 24 heavy (non-hydrogen) atoms. The second-order valence-electron chi connectivity index (χ2n) is 6.28. The first-order valence-corrected chi connectivity index (χ1v) is 9.67. The second kappa shape index (κ2) is 5.94. The van der Waals surface area contributed by atoms with Gasteiger partial charge in [0.15, 0.2) is 0 Å². The van der Waals surface area contributed by atoms with Crippen LogP contribution in [0.25, 0.3) is 11.0 Å². The molecule has 2 heterocycles. The molecule has 0 saturated heterocycles. The average molecular weight is 341 g/mol. The molecular weight excluding hydrogens is 322 g/mol. The van der Waals surface area contributed by atoms with E-state index in [4.69, 9.17) is 0 Å². The van der Waals surface area contributed by atoms with E-state index in [-0.39, 0.29) is 4.90 Å². The van der Waals surface area contributed by atoms with Gasteiger partial charge >= 0.3 is 0 Å². The molecule has 0 amide bonds. The average Bonchev–Trinajstić information content (AvgIpc) is 3.24. The van der Waals surface area contributed by atoms with E-state index in [1.807, 2.05) is 0 Å². The third-order valence-corrected chi connectivity index (χ3v) is 5.99. The largest absolute Gasteiger partial charge is 0.357 e. The molecular formula is C18H19N3O2S. The van der Waals surface area contributed by atoms with Crippen LogP contribution in [-0.4, -0.2) is 18.4 Å². The van der Waals surface area contributed by atoms with Crippen molar-refractivity contribution in [2.75, 3.05) is 4.72 Å². The lowest BCUT2D eigenvalue weighted by Gasteiger charge is -2.07. The van der Waals surface area contributed by atoms with Gasteiger partial charge < -0.3 is 4.98 Å². The Balaban J connectivity index is 1.63. The van der Waals surface area contributed by atoms with Gasteiger partial charge in [0.2, 0.25) is 0 Å². The van der Waals surface area contributed by atoms with Crippen molar-refractivity contribution in [1.29, 1.82) is 0 Å². The normalized spacial score (nSPS) is 15.8. The summed E-state index contributed by atoms with van der Waals surface area (Å²) in [6.07, 6.45) is 6.53. The first kappa shape index (κ1) is 15.2. The highest BCUT2D eigenvalue weighted by Crippen LogP contribution is 2.35. The lowest BCUT2D eigenvalue weighted by atomic mass is 10.1. The van der Waals surface area contributed by atoms with Crippen LogP contribution in [0.1, 0.15) is 37.3 Å². The molecule has 6 heteroatoms. The van der Waals surface area contributed by atoms with Gasteiger partial charge in [0.1, 0.15) is 0 Å². The fraction of sp³-hybridized carbons (Fsp3) is 0.278. The van der Waals surface area contributed by atoms with Crippen molar-refractivity contribution >= 4 is 26.7 Å². The zero-order valence-electron chi connectivity index (χ0n) is 13.2. The zero-order valence-corrected chi connectivity index (χ0v) is 14.0. The van der Waals surface area contributed by atoms with Gasteiger partial charge in [-0.1, -0.05) is 31.0 Å². The van der Waals surface area contributed by atoms with Crippen LogP contribution in [0.5, 0.6) is 0 Å². The molecule has 2 N–H and O–H groups in total. The number of nitrogens with zero attached hydrogens (tertiary/aromatic N) is 1. The molecule has 1 aliphatic rings. The number of hydrogen-bond acceptors (Lipinski definition) is 3. The van der Waals surface area contributed by atoms with Crippen LogP contribution in [0.2, 0.25) is 0 Å². The fourth-order valence-electron chi connectivity index (χ4n) is 3.36. The lowest BCUT2D eigenvalue weighted by molar-refractivity contribution is 0.601. The summed E-state index contributed by atoms with van der Waals surface area (Å²) in [4.78, 5) is 8.04. The second-order valence-corrected chi connectivity index (χ2v) is 7.96. The highest BCUT2D eigenvalue weighted by molar-refractivity contribution is 7.92. The number of nitrogens with one attached hydrogen (secondary N) is 2. The Morgan fingerprint density at radius 1 is 1.08 bits per heavy atom. The summed E-state index contributed by atoms with van der Waals surface area (Å²) in [5, 5.41) is 0. The summed E-state index contributed by atoms with van der Waals surface area (Å²) in [6.45, 7) is 0. The van der Waals surface area contributed by atoms with Crippen molar-refractivity contribution in [3.63, 3.8) is 0 Å². The van der Waals surface area contributed by atoms with Crippen molar-refractivity contribution in [1.82, 2.24) is 9.97 Å². The first-order chi connectivity index (χ1) is 11.6. The Bertz CT molecular complexity index is 958. The third-order valence-electron chi connectivity index (χ3n) is 4.59. The van der Waals surface area contributed by atoms with Gasteiger partial charge in [0, 0.05) is 5.69 Å². The maximum atomic E-state index is 12.4. The number of aromatic nitrogens is 2. The number of benzene rings is 1. The zero-order chi connectivity index (χ0) is 16.6. The topological polar surface area (TPSA) is 74.8 Å². The number of fused-ring (bicyclic) bond motifs is 1. The highest BCUT2D eigenvalue weighted by atomic mass is 32.2. The number of sulfonamides is 1. The number of anilines is 1. The fourth-order valence-corrected chi connectivity index (χ4v) is 4.41. The van der Waals surface area contributed by atoms with E-state index in [1.54, 1.807) is 42.6 Å². The van der Waals surface area contributed by atoms with E-state index in [1.165, 1.54) is 31.4 Å². The van der Waals surface area contributed by atoms with Crippen LogP contribution < -0.4 is 4.72 Å². The molecule has 1 aliphatic carbocycles. The molecule has 1 aromatic carbocycles. The summed E-state index contributed by atoms with van der Waals surface area (Å²) in [6, 6.07) is 12.2. The van der Waals surface area contributed by atoms with Gasteiger partial charge in [-0.25, -0.2) is 8.42 Å². The molecule has 0 radical (unpaired) electrons. The lowest BCUT2D eigenvalue weighted by Crippen LogP contribution is -2.12. The number of rotatable bonds is 4. The molecule has 1 saturated carbocycles. The molecule has 0 unspecified atom stereocenters. The van der Waals surface area contributed by atoms with E-state index in [0.717, 1.165) is 11.0 Å². The van der Waals surface area contributed by atoms with Crippen LogP contribution in [0.3, 0.4) is 0 Å². The Morgan fingerprint density at radius 3 is 2.58 bits per heavy atom. The Labute approximate surface area is 141 Å². The molecule has 1 fully saturated rings. The predicted octanol–water partition coefficient (Wildman–Crippen LogP) is 4.02. The van der Waals surface area contributed by atoms with Gasteiger partial charge in [-0.05, 0) is 43.0 Å². The maximum Gasteiger partial charge on any atom is 0.261 e. The maximum absolute atomic E-state index is 12.4. The summed E-state index contributed by atoms with van der Waals surface area (Å²) < 4.78 is 27.4. The molecule has 0 bridgehead atoms. The van der Waals surface area contributed by atoms with Crippen LogP contribution in [0.15, 0.2) is 53.6 Å². The Kier molecular flexibility index (Phi) is 3.76. The summed E-state index contributed by atoms with van der Waals surface area (Å²) >= 11 is 0. The van der Waals surface area contributed by atoms with Crippen LogP contribution in [0, 0.1) is 0 Å². The van der Waals surface area contributed by atoms with Crippen molar-refractivity contribution < 1.29 is 8.42 Å². The molecule has 0 atom stereocenters. The van der Waals surface area contributed by atoms with E-state index >= 15 is 0 Å². The SMILES string of the molecule is O=S(=O)(Nc1cnc2cc(C3CCCC3)[nH]c2c1)c1ccccc1. The number of hydrogen-bond donors (Lipinski definition) is 2. The minimum Gasteiger partial charge on any atom is -0.357 e. The number of aromatic amines is 1. The molecule has 124 valence electrons. The minimum absolute atomic E-state index is 0.239.